The fraction of sp³-hybridized carbons (Fsp3) is 0.625. The number of benzene rings is 1. The van der Waals surface area contributed by atoms with E-state index >= 15 is 0 Å². The summed E-state index contributed by atoms with van der Waals surface area (Å²) in [5.41, 5.74) is 2.79. The molecular weight excluding hydrogens is 222 g/mol. The van der Waals surface area contributed by atoms with E-state index < -0.39 is 0 Å². The van der Waals surface area contributed by atoms with Crippen molar-refractivity contribution in [3.8, 4) is 5.75 Å². The summed E-state index contributed by atoms with van der Waals surface area (Å²) >= 11 is 0. The van der Waals surface area contributed by atoms with Gasteiger partial charge in [0.15, 0.2) is 0 Å². The lowest BCUT2D eigenvalue weighted by Gasteiger charge is -2.26. The lowest BCUT2D eigenvalue weighted by atomic mass is 9.89. The highest BCUT2D eigenvalue weighted by Gasteiger charge is 2.26. The van der Waals surface area contributed by atoms with Gasteiger partial charge in [-0.25, -0.2) is 0 Å². The summed E-state index contributed by atoms with van der Waals surface area (Å²) in [6, 6.07) is 6.99. The Morgan fingerprint density at radius 1 is 1.33 bits per heavy atom. The van der Waals surface area contributed by atoms with Crippen LogP contribution < -0.4 is 10.1 Å². The summed E-state index contributed by atoms with van der Waals surface area (Å²) in [5.74, 6) is 1.76. The molecule has 1 aromatic carbocycles. The molecule has 0 aliphatic heterocycles. The number of nitrogens with one attached hydrogen (secondary N) is 1. The van der Waals surface area contributed by atoms with Gasteiger partial charge in [0, 0.05) is 6.04 Å². The molecule has 100 valence electrons. The second kappa shape index (κ2) is 6.24. The summed E-state index contributed by atoms with van der Waals surface area (Å²) in [5, 5.41) is 3.68. The van der Waals surface area contributed by atoms with Gasteiger partial charge in [-0.1, -0.05) is 25.8 Å². The zero-order valence-corrected chi connectivity index (χ0v) is 11.8. The first-order valence-corrected chi connectivity index (χ1v) is 7.14. The Morgan fingerprint density at radius 3 is 2.61 bits per heavy atom. The molecule has 0 heterocycles. The molecule has 0 saturated heterocycles. The van der Waals surface area contributed by atoms with Gasteiger partial charge in [-0.15, -0.1) is 0 Å². The summed E-state index contributed by atoms with van der Waals surface area (Å²) in [6.07, 6.45) is 5.51. The minimum atomic E-state index is 0.517. The van der Waals surface area contributed by atoms with Gasteiger partial charge >= 0.3 is 0 Å². The van der Waals surface area contributed by atoms with Crippen LogP contribution in [-0.4, -0.2) is 13.7 Å². The van der Waals surface area contributed by atoms with Crippen LogP contribution in [0.15, 0.2) is 18.2 Å². The largest absolute Gasteiger partial charge is 0.497 e. The van der Waals surface area contributed by atoms with Crippen molar-refractivity contribution < 1.29 is 4.74 Å². The molecule has 18 heavy (non-hydrogen) atoms. The first-order chi connectivity index (χ1) is 8.76. The van der Waals surface area contributed by atoms with E-state index in [9.17, 15) is 0 Å². The molecule has 0 radical (unpaired) electrons. The minimum Gasteiger partial charge on any atom is -0.497 e. The predicted molar refractivity (Wildman–Crippen MR) is 76.1 cm³/mol. The van der Waals surface area contributed by atoms with E-state index in [2.05, 4.69) is 37.4 Å². The maximum absolute atomic E-state index is 5.29. The first kappa shape index (κ1) is 13.4. The van der Waals surface area contributed by atoms with Gasteiger partial charge in [-0.3, -0.25) is 0 Å². The van der Waals surface area contributed by atoms with Crippen LogP contribution in [-0.2, 0) is 0 Å². The number of hydrogen-bond donors (Lipinski definition) is 1. The Balaban J connectivity index is 2.23. The lowest BCUT2D eigenvalue weighted by molar-refractivity contribution is 0.372. The topological polar surface area (TPSA) is 21.3 Å². The van der Waals surface area contributed by atoms with Crippen LogP contribution in [0.3, 0.4) is 0 Å². The third-order valence-electron chi connectivity index (χ3n) is 4.11. The highest BCUT2D eigenvalue weighted by Crippen LogP contribution is 2.37. The monoisotopic (exact) mass is 247 g/mol. The van der Waals surface area contributed by atoms with Crippen molar-refractivity contribution in [3.05, 3.63) is 29.3 Å². The molecule has 1 aliphatic carbocycles. The van der Waals surface area contributed by atoms with Crippen LogP contribution in [0.1, 0.15) is 49.8 Å². The average Bonchev–Trinajstić information content (AvgIpc) is 2.90. The van der Waals surface area contributed by atoms with Crippen molar-refractivity contribution in [1.29, 1.82) is 0 Å². The zero-order valence-electron chi connectivity index (χ0n) is 11.8. The lowest BCUT2D eigenvalue weighted by Crippen LogP contribution is -2.27. The predicted octanol–water partition coefficient (Wildman–Crippen LogP) is 3.84. The molecule has 0 spiro atoms. The fourth-order valence-corrected chi connectivity index (χ4v) is 3.17. The van der Waals surface area contributed by atoms with E-state index in [0.717, 1.165) is 18.2 Å². The maximum Gasteiger partial charge on any atom is 0.119 e. The standard InChI is InChI=1S/C16H25NO/c1-4-17-16(13-7-5-6-8-13)15-10-9-14(18-3)11-12(15)2/h9-11,13,16-17H,4-8H2,1-3H3. The number of hydrogen-bond acceptors (Lipinski definition) is 2. The van der Waals surface area contributed by atoms with E-state index in [1.807, 2.05) is 0 Å². The molecule has 0 aromatic heterocycles. The van der Waals surface area contributed by atoms with Gasteiger partial charge in [0.1, 0.15) is 5.75 Å². The SMILES string of the molecule is CCNC(c1ccc(OC)cc1C)C1CCCC1. The van der Waals surface area contributed by atoms with Crippen molar-refractivity contribution in [2.45, 2.75) is 45.6 Å². The molecule has 1 N–H and O–H groups in total. The average molecular weight is 247 g/mol. The van der Waals surface area contributed by atoms with E-state index in [1.165, 1.54) is 36.8 Å². The zero-order chi connectivity index (χ0) is 13.0. The molecule has 1 unspecified atom stereocenters. The van der Waals surface area contributed by atoms with Crippen molar-refractivity contribution >= 4 is 0 Å². The molecule has 1 atom stereocenters. The Bertz CT molecular complexity index is 383. The van der Waals surface area contributed by atoms with Crippen LogP contribution in [0, 0.1) is 12.8 Å². The summed E-state index contributed by atoms with van der Waals surface area (Å²) < 4.78 is 5.29. The second-order valence-electron chi connectivity index (χ2n) is 5.30. The van der Waals surface area contributed by atoms with Crippen LogP contribution in [0.2, 0.25) is 0 Å². The van der Waals surface area contributed by atoms with Gasteiger partial charge in [0.2, 0.25) is 0 Å². The van der Waals surface area contributed by atoms with E-state index in [1.54, 1.807) is 7.11 Å². The van der Waals surface area contributed by atoms with Crippen LogP contribution in [0.5, 0.6) is 5.75 Å². The highest BCUT2D eigenvalue weighted by molar-refractivity contribution is 5.37. The second-order valence-corrected chi connectivity index (χ2v) is 5.30. The quantitative estimate of drug-likeness (QED) is 0.853. The highest BCUT2D eigenvalue weighted by atomic mass is 16.5. The number of methoxy groups -OCH3 is 1. The third-order valence-corrected chi connectivity index (χ3v) is 4.11. The molecule has 1 aromatic rings. The minimum absolute atomic E-state index is 0.517. The number of rotatable bonds is 5. The Hall–Kier alpha value is -1.02. The van der Waals surface area contributed by atoms with Crippen molar-refractivity contribution in [3.63, 3.8) is 0 Å². The van der Waals surface area contributed by atoms with Crippen LogP contribution >= 0.6 is 0 Å². The van der Waals surface area contributed by atoms with Crippen molar-refractivity contribution in [1.82, 2.24) is 5.32 Å². The number of aryl methyl sites for hydroxylation is 1. The van der Waals surface area contributed by atoms with Crippen LogP contribution in [0.25, 0.3) is 0 Å². The molecule has 1 fully saturated rings. The molecule has 2 nitrogen and oxygen atoms in total. The van der Waals surface area contributed by atoms with Gasteiger partial charge in [-0.05, 0) is 55.5 Å². The Morgan fingerprint density at radius 2 is 2.06 bits per heavy atom. The van der Waals surface area contributed by atoms with Gasteiger partial charge in [-0.2, -0.15) is 0 Å². The Labute approximate surface area is 111 Å². The molecule has 1 saturated carbocycles. The Kier molecular flexibility index (Phi) is 4.65. The third kappa shape index (κ3) is 2.86. The van der Waals surface area contributed by atoms with E-state index in [-0.39, 0.29) is 0 Å². The van der Waals surface area contributed by atoms with Crippen molar-refractivity contribution in [2.75, 3.05) is 13.7 Å². The van der Waals surface area contributed by atoms with Gasteiger partial charge < -0.3 is 10.1 Å². The van der Waals surface area contributed by atoms with Crippen molar-refractivity contribution in [2.24, 2.45) is 5.92 Å². The molecule has 0 amide bonds. The summed E-state index contributed by atoms with van der Waals surface area (Å²) in [6.45, 7) is 5.42. The van der Waals surface area contributed by atoms with Crippen LogP contribution in [0.4, 0.5) is 0 Å². The molecule has 2 rings (SSSR count). The summed E-state index contributed by atoms with van der Waals surface area (Å²) in [4.78, 5) is 0. The van der Waals surface area contributed by atoms with Gasteiger partial charge in [0.05, 0.1) is 7.11 Å². The normalized spacial score (nSPS) is 17.9. The summed E-state index contributed by atoms with van der Waals surface area (Å²) in [7, 11) is 1.73. The van der Waals surface area contributed by atoms with E-state index in [0.29, 0.717) is 6.04 Å². The molecule has 2 heteroatoms. The van der Waals surface area contributed by atoms with Gasteiger partial charge in [0.25, 0.3) is 0 Å². The first-order valence-electron chi connectivity index (χ1n) is 7.14. The maximum atomic E-state index is 5.29. The number of ether oxygens (including phenoxy) is 1. The smallest absolute Gasteiger partial charge is 0.119 e. The van der Waals surface area contributed by atoms with E-state index in [4.69, 9.17) is 4.74 Å². The molecular formula is C16H25NO. The molecule has 1 aliphatic rings. The fourth-order valence-electron chi connectivity index (χ4n) is 3.17. The molecule has 0 bridgehead atoms.